The van der Waals surface area contributed by atoms with E-state index in [1.165, 1.54) is 5.56 Å². The molecule has 0 amide bonds. The summed E-state index contributed by atoms with van der Waals surface area (Å²) >= 11 is 0. The molecular formula is C15H25BF4N2O. The van der Waals surface area contributed by atoms with E-state index < -0.39 is 7.25 Å². The van der Waals surface area contributed by atoms with Crippen LogP contribution in [0, 0.1) is 0 Å². The third kappa shape index (κ3) is 10.7. The first-order valence-corrected chi connectivity index (χ1v) is 7.59. The summed E-state index contributed by atoms with van der Waals surface area (Å²) in [4.78, 5) is 0. The van der Waals surface area contributed by atoms with Gasteiger partial charge in [-0.05, 0) is 20.8 Å². The molecule has 8 heteroatoms. The maximum absolute atomic E-state index is 9.75. The van der Waals surface area contributed by atoms with Crippen molar-refractivity contribution in [2.75, 3.05) is 19.6 Å². The number of nitrogens with zero attached hydrogens (tertiary/aromatic N) is 2. The van der Waals surface area contributed by atoms with Gasteiger partial charge in [-0.2, -0.15) is 0 Å². The van der Waals surface area contributed by atoms with E-state index in [0.717, 1.165) is 42.8 Å². The minimum absolute atomic E-state index is 0.812. The van der Waals surface area contributed by atoms with Crippen molar-refractivity contribution in [2.45, 2.75) is 33.7 Å². The highest BCUT2D eigenvalue weighted by Gasteiger charge is 2.23. The smallest absolute Gasteiger partial charge is 0.418 e. The third-order valence-electron chi connectivity index (χ3n) is 3.82. The van der Waals surface area contributed by atoms with Crippen LogP contribution in [0.3, 0.4) is 0 Å². The maximum Gasteiger partial charge on any atom is 0.673 e. The van der Waals surface area contributed by atoms with Crippen LogP contribution < -0.4 is 0 Å². The van der Waals surface area contributed by atoms with E-state index >= 15 is 0 Å². The average molecular weight is 336 g/mol. The van der Waals surface area contributed by atoms with Gasteiger partial charge in [-0.15, -0.1) is 0 Å². The number of quaternary nitrogens is 1. The molecule has 23 heavy (non-hydrogen) atoms. The summed E-state index contributed by atoms with van der Waals surface area (Å²) in [5.41, 5.74) is 2.19. The highest BCUT2D eigenvalue weighted by atomic mass is 19.5. The average Bonchev–Trinajstić information content (AvgIpc) is 2.50. The van der Waals surface area contributed by atoms with Crippen LogP contribution in [0.15, 0.2) is 35.5 Å². The van der Waals surface area contributed by atoms with Gasteiger partial charge in [0.05, 0.1) is 25.3 Å². The first-order chi connectivity index (χ1) is 10.7. The topological polar surface area (TPSA) is 32.6 Å². The van der Waals surface area contributed by atoms with Crippen molar-refractivity contribution in [1.82, 2.24) is 0 Å². The molecule has 1 N–H and O–H groups in total. The van der Waals surface area contributed by atoms with Crippen molar-refractivity contribution in [1.29, 1.82) is 0 Å². The molecular weight excluding hydrogens is 311 g/mol. The Balaban J connectivity index is 0.000000841. The molecule has 0 unspecified atom stereocenters. The fourth-order valence-corrected chi connectivity index (χ4v) is 2.26. The van der Waals surface area contributed by atoms with E-state index in [-0.39, 0.29) is 0 Å². The van der Waals surface area contributed by atoms with E-state index in [2.05, 4.69) is 49.3 Å². The number of hydrogen-bond acceptors (Lipinski definition) is 2. The zero-order valence-corrected chi connectivity index (χ0v) is 13.9. The van der Waals surface area contributed by atoms with Gasteiger partial charge in [-0.3, -0.25) is 0 Å². The third-order valence-corrected chi connectivity index (χ3v) is 3.82. The minimum atomic E-state index is -6.00. The Hall–Kier alpha value is -1.57. The number of rotatable bonds is 7. The normalized spacial score (nSPS) is 12.6. The Bertz CT molecular complexity index is 456. The van der Waals surface area contributed by atoms with Gasteiger partial charge < -0.3 is 27.0 Å². The molecule has 1 aromatic carbocycles. The monoisotopic (exact) mass is 336 g/mol. The second-order valence-corrected chi connectivity index (χ2v) is 5.42. The lowest BCUT2D eigenvalue weighted by atomic mass is 10.1. The molecule has 0 aromatic heterocycles. The molecule has 3 nitrogen and oxygen atoms in total. The van der Waals surface area contributed by atoms with Crippen LogP contribution in [0.25, 0.3) is 0 Å². The number of oxime groups is 1. The summed E-state index contributed by atoms with van der Waals surface area (Å²) in [6.07, 6.45) is 0.852. The molecule has 0 aliphatic rings. The number of hydrogen-bond donors (Lipinski definition) is 1. The molecule has 0 fully saturated rings. The Kier molecular flexibility index (Phi) is 9.56. The largest absolute Gasteiger partial charge is 0.673 e. The zero-order valence-electron chi connectivity index (χ0n) is 13.9. The van der Waals surface area contributed by atoms with Crippen LogP contribution in [-0.4, -0.2) is 42.3 Å². The Morgan fingerprint density at radius 1 is 1.09 bits per heavy atom. The van der Waals surface area contributed by atoms with Crippen molar-refractivity contribution in [3.8, 4) is 0 Å². The summed E-state index contributed by atoms with van der Waals surface area (Å²) in [5.74, 6) is 0. The van der Waals surface area contributed by atoms with E-state index in [4.69, 9.17) is 5.21 Å². The summed E-state index contributed by atoms with van der Waals surface area (Å²) in [7, 11) is -6.00. The zero-order chi connectivity index (χ0) is 17.9. The molecule has 132 valence electrons. The molecule has 0 heterocycles. The summed E-state index contributed by atoms with van der Waals surface area (Å²) in [6.45, 7) is 10.6. The molecule has 0 saturated carbocycles. The predicted molar refractivity (Wildman–Crippen MR) is 86.1 cm³/mol. The Morgan fingerprint density at radius 3 is 1.96 bits per heavy atom. The standard InChI is InChI=1S/C15H24N2O.BF4/c1-4-17(5-2,12-11-14(3)16-18)13-15-9-7-6-8-10-15;2-1(3,4)5/h6-10H,4-5,11-13H2,1-3H3;/q;-1/p+1/b16-14+;. The van der Waals surface area contributed by atoms with Crippen molar-refractivity contribution in [2.24, 2.45) is 5.16 Å². The van der Waals surface area contributed by atoms with Gasteiger partial charge in [0.1, 0.15) is 6.54 Å². The molecule has 1 aromatic rings. The van der Waals surface area contributed by atoms with Gasteiger partial charge in [-0.1, -0.05) is 35.5 Å². The second-order valence-electron chi connectivity index (χ2n) is 5.42. The molecule has 0 aliphatic carbocycles. The van der Waals surface area contributed by atoms with E-state index in [9.17, 15) is 17.3 Å². The van der Waals surface area contributed by atoms with E-state index in [0.29, 0.717) is 0 Å². The minimum Gasteiger partial charge on any atom is -0.418 e. The van der Waals surface area contributed by atoms with E-state index in [1.807, 2.05) is 6.92 Å². The van der Waals surface area contributed by atoms with Crippen LogP contribution in [0.4, 0.5) is 17.3 Å². The fraction of sp³-hybridized carbons (Fsp3) is 0.533. The molecule has 0 spiro atoms. The molecule has 0 saturated heterocycles. The van der Waals surface area contributed by atoms with Crippen LogP contribution in [0.2, 0.25) is 0 Å². The predicted octanol–water partition coefficient (Wildman–Crippen LogP) is 4.58. The molecule has 1 rings (SSSR count). The quantitative estimate of drug-likeness (QED) is 0.194. The first kappa shape index (κ1) is 21.4. The van der Waals surface area contributed by atoms with Crippen LogP contribution in [0.1, 0.15) is 32.8 Å². The van der Waals surface area contributed by atoms with Crippen LogP contribution in [-0.2, 0) is 6.54 Å². The molecule has 0 aliphatic heterocycles. The highest BCUT2D eigenvalue weighted by Crippen LogP contribution is 2.15. The SMILES string of the molecule is CC[N+](CC)(CC/C(C)=N/O)Cc1ccccc1.F[B-](F)(F)F. The number of halogens is 4. The van der Waals surface area contributed by atoms with Gasteiger partial charge in [-0.25, -0.2) is 0 Å². The summed E-state index contributed by atoms with van der Waals surface area (Å²) < 4.78 is 40.0. The molecule has 0 bridgehead atoms. The Labute approximate surface area is 135 Å². The lowest BCUT2D eigenvalue weighted by Gasteiger charge is -2.37. The summed E-state index contributed by atoms with van der Waals surface area (Å²) in [6, 6.07) is 10.6. The Morgan fingerprint density at radius 2 is 1.57 bits per heavy atom. The van der Waals surface area contributed by atoms with Crippen molar-refractivity contribution < 1.29 is 27.0 Å². The van der Waals surface area contributed by atoms with Crippen LogP contribution in [0.5, 0.6) is 0 Å². The van der Waals surface area contributed by atoms with Gasteiger partial charge in [0.25, 0.3) is 0 Å². The molecule has 0 atom stereocenters. The highest BCUT2D eigenvalue weighted by molar-refractivity contribution is 6.50. The second kappa shape index (κ2) is 10.3. The van der Waals surface area contributed by atoms with Gasteiger partial charge in [0.2, 0.25) is 0 Å². The number of benzene rings is 1. The van der Waals surface area contributed by atoms with Gasteiger partial charge in [0, 0.05) is 12.0 Å². The molecule has 0 radical (unpaired) electrons. The fourth-order valence-electron chi connectivity index (χ4n) is 2.26. The lowest BCUT2D eigenvalue weighted by Crippen LogP contribution is -2.48. The maximum atomic E-state index is 9.75. The van der Waals surface area contributed by atoms with E-state index in [1.54, 1.807) is 0 Å². The lowest BCUT2D eigenvalue weighted by molar-refractivity contribution is -0.937. The first-order valence-electron chi connectivity index (χ1n) is 7.59. The van der Waals surface area contributed by atoms with Crippen molar-refractivity contribution in [3.05, 3.63) is 35.9 Å². The van der Waals surface area contributed by atoms with Gasteiger partial charge >= 0.3 is 7.25 Å². The van der Waals surface area contributed by atoms with Gasteiger partial charge in [0.15, 0.2) is 0 Å². The van der Waals surface area contributed by atoms with Crippen LogP contribution >= 0.6 is 0 Å². The summed E-state index contributed by atoms with van der Waals surface area (Å²) in [5, 5.41) is 12.0. The van der Waals surface area contributed by atoms with Crippen molar-refractivity contribution in [3.63, 3.8) is 0 Å². The van der Waals surface area contributed by atoms with Crippen molar-refractivity contribution >= 4 is 13.0 Å².